The van der Waals surface area contributed by atoms with Gasteiger partial charge in [-0.2, -0.15) is 0 Å². The average Bonchev–Trinajstić information content (AvgIpc) is 3.10. The lowest BCUT2D eigenvalue weighted by atomic mass is 10.1. The average molecular weight is 414 g/mol. The summed E-state index contributed by atoms with van der Waals surface area (Å²) < 4.78 is 0.576. The fraction of sp³-hybridized carbons (Fsp3) is 0.0556. The van der Waals surface area contributed by atoms with Crippen molar-refractivity contribution in [3.8, 4) is 11.3 Å². The molecular weight excluding hydrogens is 400 g/mol. The largest absolute Gasteiger partial charge is 0.369 e. The molecule has 0 fully saturated rings. The number of benzene rings is 2. The number of amides is 2. The minimum absolute atomic E-state index is 0.0695. The fourth-order valence-electron chi connectivity index (χ4n) is 2.31. The van der Waals surface area contributed by atoms with E-state index in [1.165, 1.54) is 47.4 Å². The molecule has 0 bridgehead atoms. The number of nitrogens with one attached hydrogen (secondary N) is 1. The predicted molar refractivity (Wildman–Crippen MR) is 109 cm³/mol. The highest BCUT2D eigenvalue weighted by atomic mass is 32.2. The SMILES string of the molecule is NC(=O)CSc1nc(-c2ccccc2)c(NC(=O)c2cccc([N+](=O)[O-])c2)s1. The molecule has 0 aliphatic rings. The molecule has 0 radical (unpaired) electrons. The first-order chi connectivity index (χ1) is 13.4. The molecule has 0 atom stereocenters. The molecule has 0 spiro atoms. The molecular formula is C18H14N4O4S2. The lowest BCUT2D eigenvalue weighted by molar-refractivity contribution is -0.384. The number of primary amides is 1. The first-order valence-electron chi connectivity index (χ1n) is 7.97. The van der Waals surface area contributed by atoms with Gasteiger partial charge in [0.05, 0.1) is 10.7 Å². The molecule has 0 saturated heterocycles. The van der Waals surface area contributed by atoms with Gasteiger partial charge < -0.3 is 11.1 Å². The Labute approximate surface area is 167 Å². The van der Waals surface area contributed by atoms with E-state index in [1.54, 1.807) is 0 Å². The molecule has 3 rings (SSSR count). The first kappa shape index (κ1) is 19.5. The van der Waals surface area contributed by atoms with E-state index in [-0.39, 0.29) is 17.0 Å². The van der Waals surface area contributed by atoms with Crippen LogP contribution in [-0.4, -0.2) is 27.5 Å². The summed E-state index contributed by atoms with van der Waals surface area (Å²) >= 11 is 2.39. The highest BCUT2D eigenvalue weighted by molar-refractivity contribution is 8.01. The lowest BCUT2D eigenvalue weighted by Crippen LogP contribution is -2.12. The predicted octanol–water partition coefficient (Wildman–Crippen LogP) is 3.55. The first-order valence-corrected chi connectivity index (χ1v) is 9.77. The molecule has 0 aliphatic carbocycles. The van der Waals surface area contributed by atoms with Crippen LogP contribution in [0.3, 0.4) is 0 Å². The van der Waals surface area contributed by atoms with Crippen LogP contribution < -0.4 is 11.1 Å². The Bertz CT molecular complexity index is 1040. The van der Waals surface area contributed by atoms with E-state index in [1.807, 2.05) is 30.3 Å². The van der Waals surface area contributed by atoms with Crippen molar-refractivity contribution in [3.63, 3.8) is 0 Å². The van der Waals surface area contributed by atoms with Gasteiger partial charge >= 0.3 is 0 Å². The zero-order valence-corrected chi connectivity index (χ0v) is 16.0. The minimum Gasteiger partial charge on any atom is -0.369 e. The number of non-ortho nitro benzene ring substituents is 1. The number of anilines is 1. The molecule has 0 unspecified atom stereocenters. The molecule has 142 valence electrons. The van der Waals surface area contributed by atoms with Crippen molar-refractivity contribution < 1.29 is 14.5 Å². The second-order valence-electron chi connectivity index (χ2n) is 5.54. The smallest absolute Gasteiger partial charge is 0.270 e. The maximum absolute atomic E-state index is 12.6. The van der Waals surface area contributed by atoms with Gasteiger partial charge in [0, 0.05) is 23.3 Å². The highest BCUT2D eigenvalue weighted by Crippen LogP contribution is 2.37. The molecule has 0 aliphatic heterocycles. The van der Waals surface area contributed by atoms with Crippen LogP contribution in [0.5, 0.6) is 0 Å². The maximum atomic E-state index is 12.6. The van der Waals surface area contributed by atoms with Gasteiger partial charge in [0.1, 0.15) is 10.7 Å². The summed E-state index contributed by atoms with van der Waals surface area (Å²) in [5.41, 5.74) is 6.52. The van der Waals surface area contributed by atoms with Crippen molar-refractivity contribution >= 4 is 45.6 Å². The Morgan fingerprint density at radius 2 is 1.93 bits per heavy atom. The number of aromatic nitrogens is 1. The Morgan fingerprint density at radius 1 is 1.18 bits per heavy atom. The Hall–Kier alpha value is -3.24. The van der Waals surface area contributed by atoms with Gasteiger partial charge in [0.25, 0.3) is 11.6 Å². The number of thiazole rings is 1. The normalized spacial score (nSPS) is 10.4. The summed E-state index contributed by atoms with van der Waals surface area (Å²) in [6.45, 7) is 0. The number of hydrogen-bond acceptors (Lipinski definition) is 7. The molecule has 10 heteroatoms. The molecule has 0 saturated carbocycles. The van der Waals surface area contributed by atoms with Crippen molar-refractivity contribution in [2.45, 2.75) is 4.34 Å². The van der Waals surface area contributed by atoms with Crippen molar-refractivity contribution in [1.82, 2.24) is 4.98 Å². The molecule has 1 aromatic heterocycles. The third-order valence-electron chi connectivity index (χ3n) is 3.54. The number of nitrogens with two attached hydrogens (primary N) is 1. The number of nitrogens with zero attached hydrogens (tertiary/aromatic N) is 2. The molecule has 3 N–H and O–H groups in total. The molecule has 1 heterocycles. The monoisotopic (exact) mass is 414 g/mol. The number of nitro benzene ring substituents is 1. The number of nitro groups is 1. The highest BCUT2D eigenvalue weighted by Gasteiger charge is 2.18. The molecule has 2 amide bonds. The summed E-state index contributed by atoms with van der Waals surface area (Å²) in [7, 11) is 0. The molecule has 28 heavy (non-hydrogen) atoms. The standard InChI is InChI=1S/C18H14N4O4S2/c19-14(23)10-27-18-20-15(11-5-2-1-3-6-11)17(28-18)21-16(24)12-7-4-8-13(9-12)22(25)26/h1-9H,10H2,(H2,19,23)(H,21,24). The van der Waals surface area contributed by atoms with Gasteiger partial charge in [-0.3, -0.25) is 19.7 Å². The van der Waals surface area contributed by atoms with Crippen LogP contribution in [0.2, 0.25) is 0 Å². The zero-order chi connectivity index (χ0) is 20.1. The quantitative estimate of drug-likeness (QED) is 0.346. The molecule has 2 aromatic carbocycles. The lowest BCUT2D eigenvalue weighted by Gasteiger charge is -2.05. The number of rotatable bonds is 7. The number of carbonyl (C=O) groups is 2. The summed E-state index contributed by atoms with van der Waals surface area (Å²) in [5, 5.41) is 14.2. The molecule has 3 aromatic rings. The van der Waals surface area contributed by atoms with Gasteiger partial charge in [-0.15, -0.1) is 0 Å². The zero-order valence-electron chi connectivity index (χ0n) is 14.3. The van der Waals surface area contributed by atoms with Gasteiger partial charge in [0.15, 0.2) is 4.34 Å². The van der Waals surface area contributed by atoms with Gasteiger partial charge in [-0.1, -0.05) is 59.5 Å². The van der Waals surface area contributed by atoms with E-state index in [0.29, 0.717) is 15.0 Å². The Morgan fingerprint density at radius 3 is 2.61 bits per heavy atom. The van der Waals surface area contributed by atoms with Crippen LogP contribution in [0.4, 0.5) is 10.7 Å². The summed E-state index contributed by atoms with van der Waals surface area (Å²) in [6, 6.07) is 14.7. The van der Waals surface area contributed by atoms with E-state index in [0.717, 1.165) is 5.56 Å². The van der Waals surface area contributed by atoms with Crippen molar-refractivity contribution in [2.75, 3.05) is 11.1 Å². The summed E-state index contributed by atoms with van der Waals surface area (Å²) in [4.78, 5) is 38.5. The Kier molecular flexibility index (Phi) is 6.02. The van der Waals surface area contributed by atoms with E-state index < -0.39 is 16.7 Å². The van der Waals surface area contributed by atoms with Crippen molar-refractivity contribution in [2.24, 2.45) is 5.73 Å². The van der Waals surface area contributed by atoms with Gasteiger partial charge in [-0.05, 0) is 6.07 Å². The van der Waals surface area contributed by atoms with E-state index in [4.69, 9.17) is 5.73 Å². The number of hydrogen-bond donors (Lipinski definition) is 2. The van der Waals surface area contributed by atoms with Gasteiger partial charge in [0.2, 0.25) is 5.91 Å². The van der Waals surface area contributed by atoms with E-state index in [2.05, 4.69) is 10.3 Å². The van der Waals surface area contributed by atoms with Crippen LogP contribution in [0.15, 0.2) is 58.9 Å². The number of carbonyl (C=O) groups excluding carboxylic acids is 2. The van der Waals surface area contributed by atoms with Gasteiger partial charge in [-0.25, -0.2) is 4.98 Å². The molecule has 8 nitrogen and oxygen atoms in total. The second kappa shape index (κ2) is 8.63. The van der Waals surface area contributed by atoms with E-state index in [9.17, 15) is 19.7 Å². The van der Waals surface area contributed by atoms with Crippen molar-refractivity contribution in [3.05, 3.63) is 70.3 Å². The third-order valence-corrected chi connectivity index (χ3v) is 5.67. The van der Waals surface area contributed by atoms with Crippen molar-refractivity contribution in [1.29, 1.82) is 0 Å². The topological polar surface area (TPSA) is 128 Å². The summed E-state index contributed by atoms with van der Waals surface area (Å²) in [6.07, 6.45) is 0. The van der Waals surface area contributed by atoms with Crippen LogP contribution in [-0.2, 0) is 4.79 Å². The second-order valence-corrected chi connectivity index (χ2v) is 7.76. The van der Waals surface area contributed by atoms with Crippen LogP contribution in [0.1, 0.15) is 10.4 Å². The minimum atomic E-state index is -0.558. The number of thioether (sulfide) groups is 1. The fourth-order valence-corrected chi connectivity index (χ4v) is 4.11. The van der Waals surface area contributed by atoms with E-state index >= 15 is 0 Å². The van der Waals surface area contributed by atoms with Crippen LogP contribution >= 0.6 is 23.1 Å². The van der Waals surface area contributed by atoms with Crippen LogP contribution in [0.25, 0.3) is 11.3 Å². The summed E-state index contributed by atoms with van der Waals surface area (Å²) in [5.74, 6) is -0.889. The van der Waals surface area contributed by atoms with Crippen LogP contribution in [0, 0.1) is 10.1 Å². The third kappa shape index (κ3) is 4.72. The Balaban J connectivity index is 1.91. The maximum Gasteiger partial charge on any atom is 0.270 e.